The van der Waals surface area contributed by atoms with Gasteiger partial charge in [-0.2, -0.15) is 0 Å². The third-order valence-electron chi connectivity index (χ3n) is 3.30. The van der Waals surface area contributed by atoms with Crippen molar-refractivity contribution in [2.75, 3.05) is 6.61 Å². The number of benzene rings is 1. The second kappa shape index (κ2) is 9.79. The molecule has 0 saturated heterocycles. The minimum absolute atomic E-state index is 0.214. The second-order valence-corrected chi connectivity index (χ2v) is 6.87. The number of carbonyl (C=O) groups excluding carboxylic acids is 3. The van der Waals surface area contributed by atoms with Gasteiger partial charge in [-0.05, 0) is 40.2 Å². The molecule has 0 radical (unpaired) electrons. The van der Waals surface area contributed by atoms with E-state index < -0.39 is 35.7 Å². The van der Waals surface area contributed by atoms with Crippen molar-refractivity contribution in [3.05, 3.63) is 35.9 Å². The summed E-state index contributed by atoms with van der Waals surface area (Å²) in [5.74, 6) is -1.01. The Morgan fingerprint density at radius 3 is 2.23 bits per heavy atom. The van der Waals surface area contributed by atoms with Gasteiger partial charge in [0, 0.05) is 6.42 Å². The number of hydrogen-bond acceptors (Lipinski definition) is 5. The first-order valence-electron chi connectivity index (χ1n) is 8.63. The molecule has 144 valence electrons. The van der Waals surface area contributed by atoms with Crippen LogP contribution in [0.4, 0.5) is 4.79 Å². The summed E-state index contributed by atoms with van der Waals surface area (Å²) in [6.07, 6.45) is -0.402. The molecule has 2 N–H and O–H groups in total. The van der Waals surface area contributed by atoms with Gasteiger partial charge in [0.2, 0.25) is 5.91 Å². The molecule has 0 spiro atoms. The van der Waals surface area contributed by atoms with Crippen molar-refractivity contribution < 1.29 is 23.9 Å². The van der Waals surface area contributed by atoms with Crippen LogP contribution in [0, 0.1) is 0 Å². The van der Waals surface area contributed by atoms with Gasteiger partial charge in [-0.3, -0.25) is 4.79 Å². The van der Waals surface area contributed by atoms with Gasteiger partial charge in [-0.1, -0.05) is 30.3 Å². The number of rotatable bonds is 7. The Hall–Kier alpha value is -2.57. The van der Waals surface area contributed by atoms with Crippen LogP contribution in [0.15, 0.2) is 30.3 Å². The predicted molar refractivity (Wildman–Crippen MR) is 97.5 cm³/mol. The molecular formula is C19H28N2O5. The Balaban J connectivity index is 2.71. The Morgan fingerprint density at radius 1 is 1.08 bits per heavy atom. The quantitative estimate of drug-likeness (QED) is 0.724. The van der Waals surface area contributed by atoms with Crippen LogP contribution in [0.25, 0.3) is 0 Å². The Morgan fingerprint density at radius 2 is 1.69 bits per heavy atom. The summed E-state index contributed by atoms with van der Waals surface area (Å²) in [6, 6.07) is 7.60. The summed E-state index contributed by atoms with van der Waals surface area (Å²) in [5, 5.41) is 5.09. The van der Waals surface area contributed by atoms with Crippen molar-refractivity contribution in [2.24, 2.45) is 0 Å². The van der Waals surface area contributed by atoms with E-state index in [2.05, 4.69) is 10.6 Å². The number of ether oxygens (including phenoxy) is 2. The number of amides is 2. The van der Waals surface area contributed by atoms with Gasteiger partial charge >= 0.3 is 12.1 Å². The monoisotopic (exact) mass is 364 g/mol. The molecule has 0 aliphatic rings. The maximum Gasteiger partial charge on any atom is 0.408 e. The van der Waals surface area contributed by atoms with E-state index in [9.17, 15) is 14.4 Å². The zero-order valence-electron chi connectivity index (χ0n) is 16.0. The molecule has 0 aliphatic carbocycles. The summed E-state index contributed by atoms with van der Waals surface area (Å²) < 4.78 is 10.2. The van der Waals surface area contributed by atoms with Gasteiger partial charge in [-0.25, -0.2) is 9.59 Å². The summed E-state index contributed by atoms with van der Waals surface area (Å²) in [4.78, 5) is 36.3. The number of hydrogen-bond donors (Lipinski definition) is 2. The Labute approximate surface area is 154 Å². The molecule has 26 heavy (non-hydrogen) atoms. The maximum absolute atomic E-state index is 12.4. The van der Waals surface area contributed by atoms with E-state index in [0.29, 0.717) is 6.42 Å². The number of carbonyl (C=O) groups is 3. The topological polar surface area (TPSA) is 93.7 Å². The second-order valence-electron chi connectivity index (χ2n) is 6.87. The molecule has 0 fully saturated rings. The third kappa shape index (κ3) is 8.00. The molecule has 7 nitrogen and oxygen atoms in total. The summed E-state index contributed by atoms with van der Waals surface area (Å²) in [7, 11) is 0. The van der Waals surface area contributed by atoms with E-state index >= 15 is 0 Å². The van der Waals surface area contributed by atoms with Crippen molar-refractivity contribution in [3.63, 3.8) is 0 Å². The van der Waals surface area contributed by atoms with Gasteiger partial charge < -0.3 is 20.1 Å². The summed E-state index contributed by atoms with van der Waals surface area (Å²) in [5.41, 5.74) is 0.222. The molecular weight excluding hydrogens is 336 g/mol. The molecule has 1 aromatic carbocycles. The molecule has 0 bridgehead atoms. The molecule has 0 aromatic heterocycles. The van der Waals surface area contributed by atoms with E-state index in [1.807, 2.05) is 30.3 Å². The number of esters is 1. The molecule has 1 rings (SSSR count). The van der Waals surface area contributed by atoms with Gasteiger partial charge in [0.25, 0.3) is 0 Å². The molecule has 1 aromatic rings. The van der Waals surface area contributed by atoms with Crippen LogP contribution < -0.4 is 10.6 Å². The molecule has 7 heteroatoms. The average molecular weight is 364 g/mol. The van der Waals surface area contributed by atoms with Crippen molar-refractivity contribution in [1.29, 1.82) is 0 Å². The van der Waals surface area contributed by atoms with E-state index in [1.165, 1.54) is 6.92 Å². The molecule has 0 aliphatic heterocycles. The minimum atomic E-state index is -0.863. The Kier molecular flexibility index (Phi) is 8.09. The molecule has 0 saturated carbocycles. The number of nitrogens with one attached hydrogen (secondary N) is 2. The number of alkyl carbamates (subject to hydrolysis) is 1. The van der Waals surface area contributed by atoms with Crippen LogP contribution in [0.3, 0.4) is 0 Å². The lowest BCUT2D eigenvalue weighted by Crippen LogP contribution is -2.52. The fourth-order valence-corrected chi connectivity index (χ4v) is 2.13. The predicted octanol–water partition coefficient (Wildman–Crippen LogP) is 2.19. The van der Waals surface area contributed by atoms with Gasteiger partial charge in [0.15, 0.2) is 0 Å². The molecule has 0 heterocycles. The fourth-order valence-electron chi connectivity index (χ4n) is 2.13. The highest BCUT2D eigenvalue weighted by molar-refractivity contribution is 5.89. The van der Waals surface area contributed by atoms with Crippen LogP contribution >= 0.6 is 0 Å². The third-order valence-corrected chi connectivity index (χ3v) is 3.30. The van der Waals surface area contributed by atoms with Crippen molar-refractivity contribution in [1.82, 2.24) is 10.6 Å². The Bertz CT molecular complexity index is 610. The van der Waals surface area contributed by atoms with Crippen LogP contribution in [0.1, 0.15) is 40.2 Å². The fraction of sp³-hybridized carbons (Fsp3) is 0.526. The van der Waals surface area contributed by atoms with Crippen LogP contribution in [-0.2, 0) is 25.5 Å². The van der Waals surface area contributed by atoms with Crippen molar-refractivity contribution in [3.8, 4) is 0 Å². The summed E-state index contributed by atoms with van der Waals surface area (Å²) in [6.45, 7) is 8.62. The van der Waals surface area contributed by atoms with Gasteiger partial charge in [-0.15, -0.1) is 0 Å². The van der Waals surface area contributed by atoms with Gasteiger partial charge in [0.05, 0.1) is 6.61 Å². The lowest BCUT2D eigenvalue weighted by Gasteiger charge is -2.23. The highest BCUT2D eigenvalue weighted by Gasteiger charge is 2.26. The first kappa shape index (κ1) is 21.5. The summed E-state index contributed by atoms with van der Waals surface area (Å²) >= 11 is 0. The maximum atomic E-state index is 12.4. The first-order valence-corrected chi connectivity index (χ1v) is 8.63. The van der Waals surface area contributed by atoms with E-state index in [-0.39, 0.29) is 6.61 Å². The van der Waals surface area contributed by atoms with Crippen LogP contribution in [-0.4, -0.2) is 42.3 Å². The van der Waals surface area contributed by atoms with Gasteiger partial charge in [0.1, 0.15) is 17.7 Å². The smallest absolute Gasteiger partial charge is 0.408 e. The zero-order valence-corrected chi connectivity index (χ0v) is 16.0. The standard InChI is InChI=1S/C19H28N2O5/c1-6-25-17(23)15(12-14-10-8-7-9-11-14)21-16(22)13(2)20-18(24)26-19(3,4)5/h7-11,13,15H,6,12H2,1-5H3,(H,20,24)(H,21,22)/t13-,15?/m1/s1. The van der Waals surface area contributed by atoms with Crippen LogP contribution in [0.5, 0.6) is 0 Å². The highest BCUT2D eigenvalue weighted by Crippen LogP contribution is 2.08. The molecule has 2 atom stereocenters. The van der Waals surface area contributed by atoms with Crippen molar-refractivity contribution in [2.45, 2.75) is 58.7 Å². The average Bonchev–Trinajstić information content (AvgIpc) is 2.53. The SMILES string of the molecule is CCOC(=O)C(Cc1ccccc1)NC(=O)[C@@H](C)NC(=O)OC(C)(C)C. The normalized spacial score (nSPS) is 13.3. The van der Waals surface area contributed by atoms with Crippen LogP contribution in [0.2, 0.25) is 0 Å². The van der Waals surface area contributed by atoms with E-state index in [4.69, 9.17) is 9.47 Å². The van der Waals surface area contributed by atoms with E-state index in [0.717, 1.165) is 5.56 Å². The lowest BCUT2D eigenvalue weighted by atomic mass is 10.1. The molecule has 1 unspecified atom stereocenters. The first-order chi connectivity index (χ1) is 12.1. The van der Waals surface area contributed by atoms with Crippen molar-refractivity contribution >= 4 is 18.0 Å². The zero-order chi connectivity index (χ0) is 19.7. The largest absolute Gasteiger partial charge is 0.464 e. The molecule has 2 amide bonds. The highest BCUT2D eigenvalue weighted by atomic mass is 16.6. The van der Waals surface area contributed by atoms with E-state index in [1.54, 1.807) is 27.7 Å². The minimum Gasteiger partial charge on any atom is -0.464 e. The lowest BCUT2D eigenvalue weighted by molar-refractivity contribution is -0.147.